The van der Waals surface area contributed by atoms with Gasteiger partial charge in [0, 0.05) is 24.0 Å². The van der Waals surface area contributed by atoms with Gasteiger partial charge in [-0.15, -0.1) is 0 Å². The van der Waals surface area contributed by atoms with Crippen molar-refractivity contribution in [1.82, 2.24) is 4.98 Å². The first-order valence-electron chi connectivity index (χ1n) is 5.51. The normalized spacial score (nSPS) is 9.83. The Balaban J connectivity index is 2.12. The van der Waals surface area contributed by atoms with Gasteiger partial charge in [0.25, 0.3) is 0 Å². The summed E-state index contributed by atoms with van der Waals surface area (Å²) in [6, 6.07) is 13.2. The zero-order chi connectivity index (χ0) is 13.0. The van der Waals surface area contributed by atoms with E-state index in [1.54, 1.807) is 24.4 Å². The van der Waals surface area contributed by atoms with Crippen LogP contribution in [0.3, 0.4) is 0 Å². The molecule has 0 aliphatic heterocycles. The molecule has 2 aromatic rings. The van der Waals surface area contributed by atoms with Gasteiger partial charge in [-0.2, -0.15) is 5.26 Å². The lowest BCUT2D eigenvalue weighted by atomic mass is 10.2. The fraction of sp³-hybridized carbons (Fsp3) is 0.143. The summed E-state index contributed by atoms with van der Waals surface area (Å²) >= 11 is 5.92. The zero-order valence-electron chi connectivity index (χ0n) is 9.97. The average molecular weight is 258 g/mol. The van der Waals surface area contributed by atoms with E-state index in [2.05, 4.69) is 16.0 Å². The highest BCUT2D eigenvalue weighted by atomic mass is 35.5. The number of pyridine rings is 1. The van der Waals surface area contributed by atoms with E-state index >= 15 is 0 Å². The van der Waals surface area contributed by atoms with E-state index in [9.17, 15) is 0 Å². The number of rotatable bonds is 3. The van der Waals surface area contributed by atoms with E-state index < -0.39 is 0 Å². The smallest absolute Gasteiger partial charge is 0.0991 e. The monoisotopic (exact) mass is 257 g/mol. The van der Waals surface area contributed by atoms with E-state index in [4.69, 9.17) is 16.9 Å². The molecule has 18 heavy (non-hydrogen) atoms. The number of anilines is 1. The van der Waals surface area contributed by atoms with Crippen molar-refractivity contribution in [2.24, 2.45) is 0 Å². The Bertz CT molecular complexity index is 572. The lowest BCUT2D eigenvalue weighted by molar-refractivity contribution is 0.885. The van der Waals surface area contributed by atoms with Crippen LogP contribution < -0.4 is 4.90 Å². The molecular formula is C14H12ClN3. The molecule has 0 aliphatic carbocycles. The Morgan fingerprint density at radius 1 is 1.28 bits per heavy atom. The topological polar surface area (TPSA) is 39.9 Å². The van der Waals surface area contributed by atoms with Crippen molar-refractivity contribution in [1.29, 1.82) is 5.26 Å². The van der Waals surface area contributed by atoms with Gasteiger partial charge in [-0.05, 0) is 36.4 Å². The number of benzene rings is 1. The van der Waals surface area contributed by atoms with Gasteiger partial charge in [0.05, 0.1) is 23.9 Å². The van der Waals surface area contributed by atoms with Gasteiger partial charge < -0.3 is 4.90 Å². The molecule has 0 saturated carbocycles. The Morgan fingerprint density at radius 2 is 2.00 bits per heavy atom. The first kappa shape index (κ1) is 12.4. The molecule has 0 radical (unpaired) electrons. The molecule has 90 valence electrons. The molecule has 0 unspecified atom stereocenters. The van der Waals surface area contributed by atoms with Gasteiger partial charge in [-0.25, -0.2) is 0 Å². The van der Waals surface area contributed by atoms with Crippen LogP contribution in [-0.4, -0.2) is 12.0 Å². The summed E-state index contributed by atoms with van der Waals surface area (Å²) in [5.74, 6) is 0. The number of halogens is 1. The van der Waals surface area contributed by atoms with Crippen LogP contribution >= 0.6 is 11.6 Å². The van der Waals surface area contributed by atoms with Crippen LogP contribution in [0.5, 0.6) is 0 Å². The lowest BCUT2D eigenvalue weighted by Gasteiger charge is -2.18. The molecule has 4 heteroatoms. The summed E-state index contributed by atoms with van der Waals surface area (Å²) in [7, 11) is 1.98. The van der Waals surface area contributed by atoms with Crippen molar-refractivity contribution in [2.75, 3.05) is 11.9 Å². The van der Waals surface area contributed by atoms with E-state index in [1.807, 2.05) is 25.2 Å². The quantitative estimate of drug-likeness (QED) is 0.847. The first-order chi connectivity index (χ1) is 8.69. The van der Waals surface area contributed by atoms with Crippen molar-refractivity contribution in [3.8, 4) is 6.07 Å². The molecule has 1 aromatic carbocycles. The number of nitriles is 1. The molecule has 0 aliphatic rings. The average Bonchev–Trinajstić information content (AvgIpc) is 2.39. The molecule has 0 spiro atoms. The Hall–Kier alpha value is -2.05. The summed E-state index contributed by atoms with van der Waals surface area (Å²) in [5.41, 5.74) is 2.61. The van der Waals surface area contributed by atoms with Crippen LogP contribution in [0.2, 0.25) is 5.02 Å². The number of nitrogens with zero attached hydrogens (tertiary/aromatic N) is 3. The van der Waals surface area contributed by atoms with Gasteiger partial charge in [0.2, 0.25) is 0 Å². The van der Waals surface area contributed by atoms with Crippen molar-refractivity contribution < 1.29 is 0 Å². The second-order valence-corrected chi connectivity index (χ2v) is 4.42. The molecule has 0 fully saturated rings. The molecule has 0 atom stereocenters. The zero-order valence-corrected chi connectivity index (χ0v) is 10.7. The lowest BCUT2D eigenvalue weighted by Crippen LogP contribution is -2.17. The number of hydrogen-bond donors (Lipinski definition) is 0. The van der Waals surface area contributed by atoms with Crippen LogP contribution in [0.25, 0.3) is 0 Å². The van der Waals surface area contributed by atoms with Crippen molar-refractivity contribution in [3.63, 3.8) is 0 Å². The van der Waals surface area contributed by atoms with E-state index in [0.717, 1.165) is 11.4 Å². The predicted molar refractivity (Wildman–Crippen MR) is 72.5 cm³/mol. The second kappa shape index (κ2) is 5.52. The van der Waals surface area contributed by atoms with Crippen LogP contribution in [0.4, 0.5) is 5.69 Å². The predicted octanol–water partition coefficient (Wildman–Crippen LogP) is 3.24. The van der Waals surface area contributed by atoms with Crippen LogP contribution in [0, 0.1) is 11.3 Å². The third-order valence-electron chi connectivity index (χ3n) is 2.61. The van der Waals surface area contributed by atoms with Gasteiger partial charge >= 0.3 is 0 Å². The largest absolute Gasteiger partial charge is 0.369 e. The third kappa shape index (κ3) is 2.99. The van der Waals surface area contributed by atoms with Gasteiger partial charge in [0.15, 0.2) is 0 Å². The highest BCUT2D eigenvalue weighted by Crippen LogP contribution is 2.16. The summed E-state index contributed by atoms with van der Waals surface area (Å²) in [6.07, 6.45) is 1.70. The standard InChI is InChI=1S/C14H12ClN3/c1-18(10-13-8-12(15)6-7-17-13)14-4-2-11(9-16)3-5-14/h2-8H,10H2,1H3. The maximum Gasteiger partial charge on any atom is 0.0991 e. The maximum atomic E-state index is 8.74. The molecular weight excluding hydrogens is 246 g/mol. The van der Waals surface area contributed by atoms with Crippen molar-refractivity contribution in [3.05, 3.63) is 58.9 Å². The molecule has 2 rings (SSSR count). The molecule has 0 saturated heterocycles. The molecule has 1 heterocycles. The van der Waals surface area contributed by atoms with Crippen molar-refractivity contribution >= 4 is 17.3 Å². The highest BCUT2D eigenvalue weighted by molar-refractivity contribution is 6.30. The van der Waals surface area contributed by atoms with Crippen molar-refractivity contribution in [2.45, 2.75) is 6.54 Å². The minimum absolute atomic E-state index is 0.660. The summed E-state index contributed by atoms with van der Waals surface area (Å²) in [6.45, 7) is 0.673. The Morgan fingerprint density at radius 3 is 2.61 bits per heavy atom. The Labute approximate surface area is 111 Å². The molecule has 1 aromatic heterocycles. The van der Waals surface area contributed by atoms with E-state index in [1.165, 1.54) is 0 Å². The number of hydrogen-bond acceptors (Lipinski definition) is 3. The fourth-order valence-electron chi connectivity index (χ4n) is 1.66. The Kier molecular flexibility index (Phi) is 3.81. The molecule has 0 N–H and O–H groups in total. The van der Waals surface area contributed by atoms with Crippen LogP contribution in [0.1, 0.15) is 11.3 Å². The fourth-order valence-corrected chi connectivity index (χ4v) is 1.84. The van der Waals surface area contributed by atoms with Gasteiger partial charge in [-0.1, -0.05) is 11.6 Å². The highest BCUT2D eigenvalue weighted by Gasteiger charge is 2.03. The first-order valence-corrected chi connectivity index (χ1v) is 5.88. The van der Waals surface area contributed by atoms with Gasteiger partial charge in [-0.3, -0.25) is 4.98 Å². The second-order valence-electron chi connectivity index (χ2n) is 3.98. The van der Waals surface area contributed by atoms with E-state index in [-0.39, 0.29) is 0 Å². The van der Waals surface area contributed by atoms with Crippen LogP contribution in [-0.2, 0) is 6.54 Å². The number of aromatic nitrogens is 1. The maximum absolute atomic E-state index is 8.74. The molecule has 3 nitrogen and oxygen atoms in total. The SMILES string of the molecule is CN(Cc1cc(Cl)ccn1)c1ccc(C#N)cc1. The van der Waals surface area contributed by atoms with E-state index in [0.29, 0.717) is 17.1 Å². The minimum Gasteiger partial charge on any atom is -0.369 e. The summed E-state index contributed by atoms with van der Waals surface area (Å²) < 4.78 is 0. The van der Waals surface area contributed by atoms with Crippen LogP contribution in [0.15, 0.2) is 42.6 Å². The minimum atomic E-state index is 0.660. The summed E-state index contributed by atoms with van der Waals surface area (Å²) in [4.78, 5) is 6.32. The third-order valence-corrected chi connectivity index (χ3v) is 2.85. The summed E-state index contributed by atoms with van der Waals surface area (Å²) in [5, 5.41) is 9.43. The molecule has 0 bridgehead atoms. The molecule has 0 amide bonds. The van der Waals surface area contributed by atoms with Gasteiger partial charge in [0.1, 0.15) is 0 Å².